The van der Waals surface area contributed by atoms with Crippen molar-refractivity contribution in [3.63, 3.8) is 0 Å². The lowest BCUT2D eigenvalue weighted by molar-refractivity contribution is -0.117. The zero-order chi connectivity index (χ0) is 9.68. The Morgan fingerprint density at radius 2 is 2.54 bits per heavy atom. The third kappa shape index (κ3) is 3.50. The van der Waals surface area contributed by atoms with Crippen molar-refractivity contribution in [3.8, 4) is 0 Å². The zero-order valence-corrected chi connectivity index (χ0v) is 8.24. The van der Waals surface area contributed by atoms with Crippen LogP contribution in [0.4, 0.5) is 0 Å². The molecule has 0 saturated carbocycles. The van der Waals surface area contributed by atoms with Crippen LogP contribution in [0.25, 0.3) is 0 Å². The number of hydrogen-bond donors (Lipinski definition) is 2. The van der Waals surface area contributed by atoms with Gasteiger partial charge in [0.2, 0.25) is 11.8 Å². The van der Waals surface area contributed by atoms with Gasteiger partial charge in [0, 0.05) is 12.6 Å². The van der Waals surface area contributed by atoms with Gasteiger partial charge < -0.3 is 10.6 Å². The van der Waals surface area contributed by atoms with Gasteiger partial charge in [-0.25, -0.2) is 0 Å². The summed E-state index contributed by atoms with van der Waals surface area (Å²) in [5, 5.41) is 5.92. The van der Waals surface area contributed by atoms with Gasteiger partial charge >= 0.3 is 0 Å². The predicted molar refractivity (Wildman–Crippen MR) is 52.0 cm³/mol. The van der Waals surface area contributed by atoms with E-state index in [1.165, 1.54) is 17.8 Å². The predicted octanol–water partition coefficient (Wildman–Crippen LogP) is 0.217. The molecule has 4 nitrogen and oxygen atoms in total. The lowest BCUT2D eigenvalue weighted by Crippen LogP contribution is -2.23. The molecule has 1 rings (SSSR count). The topological polar surface area (TPSA) is 58.2 Å². The molecule has 1 aliphatic rings. The normalized spacial score (nSPS) is 18.8. The van der Waals surface area contributed by atoms with Gasteiger partial charge in [0.25, 0.3) is 0 Å². The number of rotatable bonds is 3. The van der Waals surface area contributed by atoms with E-state index in [9.17, 15) is 9.59 Å². The van der Waals surface area contributed by atoms with E-state index < -0.39 is 0 Å². The molecule has 2 N–H and O–H groups in total. The smallest absolute Gasteiger partial charge is 0.246 e. The van der Waals surface area contributed by atoms with E-state index in [-0.39, 0.29) is 11.8 Å². The standard InChI is InChI=1S/C8H12N2O2S/c1-2-3-9-6(11)4-8-10-7(12)5-13-8/h4H,2-3,5H2,1H3,(H,9,11)(H,10,12)/b8-4+. The maximum Gasteiger partial charge on any atom is 0.246 e. The second-order valence-corrected chi connectivity index (χ2v) is 3.65. The number of carbonyl (C=O) groups excluding carboxylic acids is 2. The van der Waals surface area contributed by atoms with Crippen molar-refractivity contribution in [2.75, 3.05) is 12.3 Å². The summed E-state index contributed by atoms with van der Waals surface area (Å²) < 4.78 is 0. The minimum Gasteiger partial charge on any atom is -0.352 e. The van der Waals surface area contributed by atoms with Gasteiger partial charge in [-0.15, -0.1) is 0 Å². The summed E-state index contributed by atoms with van der Waals surface area (Å²) in [5.74, 6) is 0.221. The molecule has 5 heteroatoms. The summed E-state index contributed by atoms with van der Waals surface area (Å²) in [7, 11) is 0. The van der Waals surface area contributed by atoms with Crippen LogP contribution in [-0.2, 0) is 9.59 Å². The molecule has 72 valence electrons. The van der Waals surface area contributed by atoms with Gasteiger partial charge in [-0.2, -0.15) is 0 Å². The van der Waals surface area contributed by atoms with Crippen LogP contribution in [0.3, 0.4) is 0 Å². The van der Waals surface area contributed by atoms with Gasteiger partial charge in [0.05, 0.1) is 10.8 Å². The van der Waals surface area contributed by atoms with Gasteiger partial charge in [-0.1, -0.05) is 18.7 Å². The quantitative estimate of drug-likeness (QED) is 0.641. The van der Waals surface area contributed by atoms with E-state index in [0.29, 0.717) is 17.3 Å². The average molecular weight is 200 g/mol. The summed E-state index contributed by atoms with van der Waals surface area (Å²) in [4.78, 5) is 21.9. The second-order valence-electron chi connectivity index (χ2n) is 2.64. The van der Waals surface area contributed by atoms with E-state index in [0.717, 1.165) is 6.42 Å². The molecule has 0 unspecified atom stereocenters. The SMILES string of the molecule is CCCNC(=O)/C=C1\NC(=O)CS1. The van der Waals surface area contributed by atoms with E-state index in [4.69, 9.17) is 0 Å². The Morgan fingerprint density at radius 3 is 3.08 bits per heavy atom. The monoisotopic (exact) mass is 200 g/mol. The zero-order valence-electron chi connectivity index (χ0n) is 7.42. The first-order valence-corrected chi connectivity index (χ1v) is 5.13. The molecule has 0 aromatic rings. The lowest BCUT2D eigenvalue weighted by atomic mass is 10.4. The molecule has 2 amide bonds. The Morgan fingerprint density at radius 1 is 1.77 bits per heavy atom. The maximum atomic E-state index is 11.1. The first-order chi connectivity index (χ1) is 6.22. The Kier molecular flexibility index (Phi) is 3.82. The molecule has 0 spiro atoms. The fourth-order valence-corrected chi connectivity index (χ4v) is 1.58. The van der Waals surface area contributed by atoms with Gasteiger partial charge in [0.15, 0.2) is 0 Å². The highest BCUT2D eigenvalue weighted by molar-refractivity contribution is 8.04. The largest absolute Gasteiger partial charge is 0.352 e. The molecule has 0 aromatic heterocycles. The minimum absolute atomic E-state index is 0.0421. The molecule has 1 fully saturated rings. The molecule has 1 aliphatic heterocycles. The Labute approximate surface area is 81.1 Å². The van der Waals surface area contributed by atoms with E-state index in [1.807, 2.05) is 6.92 Å². The van der Waals surface area contributed by atoms with Gasteiger partial charge in [-0.05, 0) is 6.42 Å². The molecule has 0 bridgehead atoms. The minimum atomic E-state index is -0.147. The lowest BCUT2D eigenvalue weighted by Gasteiger charge is -1.99. The van der Waals surface area contributed by atoms with Crippen molar-refractivity contribution in [1.82, 2.24) is 10.6 Å². The maximum absolute atomic E-state index is 11.1. The molecule has 0 aliphatic carbocycles. The molecule has 13 heavy (non-hydrogen) atoms. The van der Waals surface area contributed by atoms with Crippen LogP contribution in [0, 0.1) is 0 Å². The highest BCUT2D eigenvalue weighted by atomic mass is 32.2. The fourth-order valence-electron chi connectivity index (χ4n) is 0.849. The summed E-state index contributed by atoms with van der Waals surface area (Å²) >= 11 is 1.35. The van der Waals surface area contributed by atoms with Crippen molar-refractivity contribution in [1.29, 1.82) is 0 Å². The Bertz CT molecular complexity index is 251. The summed E-state index contributed by atoms with van der Waals surface area (Å²) in [6.07, 6.45) is 2.33. The summed E-state index contributed by atoms with van der Waals surface area (Å²) in [6, 6.07) is 0. The van der Waals surface area contributed by atoms with Crippen LogP contribution in [0.15, 0.2) is 11.1 Å². The molecular weight excluding hydrogens is 188 g/mol. The number of amides is 2. The van der Waals surface area contributed by atoms with E-state index in [1.54, 1.807) is 0 Å². The van der Waals surface area contributed by atoms with Crippen molar-refractivity contribution < 1.29 is 9.59 Å². The highest BCUT2D eigenvalue weighted by Gasteiger charge is 2.15. The van der Waals surface area contributed by atoms with Crippen LogP contribution in [-0.4, -0.2) is 24.1 Å². The van der Waals surface area contributed by atoms with Crippen LogP contribution in [0.2, 0.25) is 0 Å². The van der Waals surface area contributed by atoms with Crippen molar-refractivity contribution in [3.05, 3.63) is 11.1 Å². The molecule has 0 radical (unpaired) electrons. The number of hydrogen-bond acceptors (Lipinski definition) is 3. The van der Waals surface area contributed by atoms with Crippen LogP contribution >= 0.6 is 11.8 Å². The first-order valence-electron chi connectivity index (χ1n) is 4.14. The van der Waals surface area contributed by atoms with Gasteiger partial charge in [0.1, 0.15) is 0 Å². The van der Waals surface area contributed by atoms with Gasteiger partial charge in [-0.3, -0.25) is 9.59 Å². The van der Waals surface area contributed by atoms with Crippen molar-refractivity contribution >= 4 is 23.6 Å². The number of nitrogens with one attached hydrogen (secondary N) is 2. The molecular formula is C8H12N2O2S. The summed E-state index contributed by atoms with van der Waals surface area (Å²) in [6.45, 7) is 2.65. The molecule has 0 aromatic carbocycles. The first kappa shape index (κ1) is 10.1. The number of thioether (sulfide) groups is 1. The molecule has 1 heterocycles. The van der Waals surface area contributed by atoms with Crippen LogP contribution in [0.5, 0.6) is 0 Å². The van der Waals surface area contributed by atoms with Crippen molar-refractivity contribution in [2.24, 2.45) is 0 Å². The molecule has 1 saturated heterocycles. The van der Waals surface area contributed by atoms with E-state index >= 15 is 0 Å². The van der Waals surface area contributed by atoms with Crippen LogP contribution < -0.4 is 10.6 Å². The van der Waals surface area contributed by atoms with Crippen LogP contribution in [0.1, 0.15) is 13.3 Å². The number of carbonyl (C=O) groups is 2. The molecule has 0 atom stereocenters. The average Bonchev–Trinajstić information content (AvgIpc) is 2.48. The third-order valence-electron chi connectivity index (χ3n) is 1.43. The Balaban J connectivity index is 2.37. The third-order valence-corrected chi connectivity index (χ3v) is 2.37. The Hall–Kier alpha value is -0.970. The second kappa shape index (κ2) is 4.91. The fraction of sp³-hybridized carbons (Fsp3) is 0.500. The van der Waals surface area contributed by atoms with E-state index in [2.05, 4.69) is 10.6 Å². The summed E-state index contributed by atoms with van der Waals surface area (Å²) in [5.41, 5.74) is 0. The highest BCUT2D eigenvalue weighted by Crippen LogP contribution is 2.17. The van der Waals surface area contributed by atoms with Crippen molar-refractivity contribution in [2.45, 2.75) is 13.3 Å².